The van der Waals surface area contributed by atoms with Crippen molar-refractivity contribution in [3.63, 3.8) is 0 Å². The Morgan fingerprint density at radius 2 is 1.95 bits per heavy atom. The van der Waals surface area contributed by atoms with Crippen molar-refractivity contribution < 1.29 is 23.5 Å². The first-order chi connectivity index (χ1) is 10.1. The SMILES string of the molecule is COC(=O)C#CC(=O)Oc1ccccc1-c1nsc(=O)o1. The number of carbonyl (C=O) groups excluding carboxylic acids is 2. The molecule has 0 radical (unpaired) electrons. The Morgan fingerprint density at radius 3 is 2.62 bits per heavy atom. The van der Waals surface area contributed by atoms with Crippen LogP contribution in [0.25, 0.3) is 11.5 Å². The van der Waals surface area contributed by atoms with Crippen LogP contribution >= 0.6 is 11.5 Å². The molecule has 0 aliphatic carbocycles. The summed E-state index contributed by atoms with van der Waals surface area (Å²) in [5.41, 5.74) is 0.323. The number of rotatable bonds is 2. The van der Waals surface area contributed by atoms with Crippen LogP contribution in [-0.4, -0.2) is 23.4 Å². The molecule has 0 atom stereocenters. The van der Waals surface area contributed by atoms with Gasteiger partial charge in [-0.3, -0.25) is 0 Å². The van der Waals surface area contributed by atoms with Gasteiger partial charge < -0.3 is 13.9 Å². The molecule has 0 spiro atoms. The molecule has 1 heterocycles. The van der Waals surface area contributed by atoms with E-state index < -0.39 is 16.9 Å². The molecule has 0 N–H and O–H groups in total. The number of esters is 2. The smallest absolute Gasteiger partial charge is 0.414 e. The lowest BCUT2D eigenvalue weighted by Crippen LogP contribution is -2.07. The molecule has 7 nitrogen and oxygen atoms in total. The fourth-order valence-corrected chi connectivity index (χ4v) is 1.72. The Labute approximate surface area is 122 Å². The van der Waals surface area contributed by atoms with Gasteiger partial charge in [0.2, 0.25) is 5.89 Å². The minimum atomic E-state index is -0.953. The average Bonchev–Trinajstić information content (AvgIpc) is 2.91. The van der Waals surface area contributed by atoms with Gasteiger partial charge in [-0.1, -0.05) is 12.1 Å². The molecule has 0 bridgehead atoms. The van der Waals surface area contributed by atoms with E-state index in [0.717, 1.165) is 7.11 Å². The maximum atomic E-state index is 11.5. The summed E-state index contributed by atoms with van der Waals surface area (Å²) in [7, 11) is 1.14. The summed E-state index contributed by atoms with van der Waals surface area (Å²) in [6.45, 7) is 0. The number of benzene rings is 1. The second-order valence-electron chi connectivity index (χ2n) is 3.47. The number of nitrogens with zero attached hydrogens (tertiary/aromatic N) is 1. The lowest BCUT2D eigenvalue weighted by Gasteiger charge is -2.03. The van der Waals surface area contributed by atoms with Crippen molar-refractivity contribution in [2.75, 3.05) is 7.11 Å². The normalized spacial score (nSPS) is 9.38. The van der Waals surface area contributed by atoms with Crippen LogP contribution < -0.4 is 9.68 Å². The molecule has 1 aromatic carbocycles. The molecule has 0 saturated heterocycles. The summed E-state index contributed by atoms with van der Waals surface area (Å²) in [6.07, 6.45) is 0. The molecule has 0 saturated carbocycles. The highest BCUT2D eigenvalue weighted by Crippen LogP contribution is 2.28. The minimum absolute atomic E-state index is 0.0364. The standard InChI is InChI=1S/C13H7NO6S/c1-18-10(15)6-7-11(16)19-9-5-3-2-4-8(9)12-14-21-13(17)20-12/h2-5H,1H3. The molecule has 21 heavy (non-hydrogen) atoms. The minimum Gasteiger partial charge on any atom is -0.459 e. The predicted octanol–water partition coefficient (Wildman–Crippen LogP) is 0.845. The van der Waals surface area contributed by atoms with Crippen molar-refractivity contribution in [1.29, 1.82) is 0 Å². The third-order valence-electron chi connectivity index (χ3n) is 2.16. The van der Waals surface area contributed by atoms with Gasteiger partial charge in [0.15, 0.2) is 0 Å². The van der Waals surface area contributed by atoms with Crippen molar-refractivity contribution >= 4 is 23.5 Å². The molecular weight excluding hydrogens is 298 g/mol. The fraction of sp³-hybridized carbons (Fsp3) is 0.0769. The zero-order valence-electron chi connectivity index (χ0n) is 10.6. The Balaban J connectivity index is 2.25. The van der Waals surface area contributed by atoms with Crippen LogP contribution in [-0.2, 0) is 14.3 Å². The molecule has 106 valence electrons. The van der Waals surface area contributed by atoms with Crippen molar-refractivity contribution in [2.24, 2.45) is 0 Å². The molecule has 0 unspecified atom stereocenters. The highest BCUT2D eigenvalue weighted by molar-refractivity contribution is 7.02. The topological polar surface area (TPSA) is 95.7 Å². The van der Waals surface area contributed by atoms with Crippen molar-refractivity contribution in [3.8, 4) is 29.0 Å². The average molecular weight is 305 g/mol. The summed E-state index contributed by atoms with van der Waals surface area (Å²) in [6, 6.07) is 6.32. The van der Waals surface area contributed by atoms with E-state index >= 15 is 0 Å². The van der Waals surface area contributed by atoms with Gasteiger partial charge in [-0.25, -0.2) is 14.4 Å². The molecule has 1 aromatic heterocycles. The molecule has 8 heteroatoms. The van der Waals surface area contributed by atoms with Gasteiger partial charge in [0.05, 0.1) is 24.2 Å². The monoisotopic (exact) mass is 305 g/mol. The van der Waals surface area contributed by atoms with Crippen molar-refractivity contribution in [1.82, 2.24) is 4.37 Å². The first kappa shape index (κ1) is 14.5. The molecule has 2 rings (SSSR count). The Bertz CT molecular complexity index is 794. The second-order valence-corrected chi connectivity index (χ2v) is 4.17. The number of ether oxygens (including phenoxy) is 2. The Kier molecular flexibility index (Phi) is 4.48. The van der Waals surface area contributed by atoms with Crippen LogP contribution in [0.3, 0.4) is 0 Å². The maximum absolute atomic E-state index is 11.5. The van der Waals surface area contributed by atoms with Crippen molar-refractivity contribution in [3.05, 3.63) is 34.0 Å². The Hall–Kier alpha value is -2.92. The lowest BCUT2D eigenvalue weighted by atomic mass is 10.2. The summed E-state index contributed by atoms with van der Waals surface area (Å²) < 4.78 is 17.9. The molecule has 0 aliphatic heterocycles. The van der Waals surface area contributed by atoms with Gasteiger partial charge in [-0.15, -0.1) is 4.37 Å². The quantitative estimate of drug-likeness (QED) is 0.351. The van der Waals surface area contributed by atoms with E-state index in [9.17, 15) is 14.4 Å². The molecular formula is C13H7NO6S. The van der Waals surface area contributed by atoms with E-state index in [1.165, 1.54) is 6.07 Å². The molecule has 0 aliphatic rings. The summed E-state index contributed by atoms with van der Waals surface area (Å²) in [5, 5.41) is 0. The van der Waals surface area contributed by atoms with Gasteiger partial charge in [-0.05, 0) is 12.1 Å². The van der Waals surface area contributed by atoms with E-state index in [1.807, 2.05) is 11.8 Å². The predicted molar refractivity (Wildman–Crippen MR) is 71.5 cm³/mol. The lowest BCUT2D eigenvalue weighted by molar-refractivity contribution is -0.134. The molecule has 0 amide bonds. The third-order valence-corrected chi connectivity index (χ3v) is 2.64. The van der Waals surface area contributed by atoms with E-state index in [2.05, 4.69) is 9.11 Å². The number of methoxy groups -OCH3 is 1. The number of hydrogen-bond acceptors (Lipinski definition) is 8. The Morgan fingerprint density at radius 1 is 1.24 bits per heavy atom. The van der Waals surface area contributed by atoms with Crippen LogP contribution in [0, 0.1) is 11.8 Å². The van der Waals surface area contributed by atoms with E-state index in [-0.39, 0.29) is 11.6 Å². The zero-order valence-corrected chi connectivity index (χ0v) is 11.4. The van der Waals surface area contributed by atoms with E-state index in [1.54, 1.807) is 18.2 Å². The number of carbonyl (C=O) groups is 2. The largest absolute Gasteiger partial charge is 0.459 e. The first-order valence-corrected chi connectivity index (χ1v) is 6.25. The fourth-order valence-electron chi connectivity index (χ4n) is 1.31. The zero-order chi connectivity index (χ0) is 15.2. The van der Waals surface area contributed by atoms with E-state index in [4.69, 9.17) is 9.15 Å². The summed E-state index contributed by atoms with van der Waals surface area (Å²) in [4.78, 5) is 32.7. The number of hydrogen-bond donors (Lipinski definition) is 0. The highest BCUT2D eigenvalue weighted by atomic mass is 32.1. The van der Waals surface area contributed by atoms with Crippen LogP contribution in [0.1, 0.15) is 0 Å². The number of aromatic nitrogens is 1. The second kappa shape index (κ2) is 6.49. The van der Waals surface area contributed by atoms with Gasteiger partial charge >= 0.3 is 16.9 Å². The van der Waals surface area contributed by atoms with Gasteiger partial charge in [0.25, 0.3) is 0 Å². The van der Waals surface area contributed by atoms with Gasteiger partial charge in [0.1, 0.15) is 5.75 Å². The van der Waals surface area contributed by atoms with Crippen LogP contribution in [0.5, 0.6) is 5.75 Å². The van der Waals surface area contributed by atoms with Crippen LogP contribution in [0.2, 0.25) is 0 Å². The van der Waals surface area contributed by atoms with Crippen molar-refractivity contribution in [2.45, 2.75) is 0 Å². The van der Waals surface area contributed by atoms with Crippen LogP contribution in [0.4, 0.5) is 0 Å². The summed E-state index contributed by atoms with van der Waals surface area (Å²) in [5.74, 6) is 2.25. The summed E-state index contributed by atoms with van der Waals surface area (Å²) >= 11 is 0.642. The van der Waals surface area contributed by atoms with E-state index in [0.29, 0.717) is 17.1 Å². The highest BCUT2D eigenvalue weighted by Gasteiger charge is 2.14. The maximum Gasteiger partial charge on any atom is 0.414 e. The number of para-hydroxylation sites is 1. The third kappa shape index (κ3) is 3.77. The van der Waals surface area contributed by atoms with Gasteiger partial charge in [-0.2, -0.15) is 0 Å². The van der Waals surface area contributed by atoms with Crippen LogP contribution in [0.15, 0.2) is 33.5 Å². The van der Waals surface area contributed by atoms with Gasteiger partial charge in [0, 0.05) is 11.8 Å². The molecule has 2 aromatic rings. The first-order valence-electron chi connectivity index (χ1n) is 5.48. The molecule has 0 fully saturated rings.